The van der Waals surface area contributed by atoms with Gasteiger partial charge >= 0.3 is 0 Å². The maximum absolute atomic E-state index is 11.6. The van der Waals surface area contributed by atoms with Gasteiger partial charge in [0.25, 0.3) is 0 Å². The van der Waals surface area contributed by atoms with Crippen LogP contribution in [0, 0.1) is 5.92 Å². The molecule has 3 heteroatoms. The molecule has 0 unspecified atom stereocenters. The number of fused-ring (bicyclic) bond motifs is 4. The first-order chi connectivity index (χ1) is 9.10. The van der Waals surface area contributed by atoms with Gasteiger partial charge < -0.3 is 10.7 Å². The van der Waals surface area contributed by atoms with Gasteiger partial charge in [-0.15, -0.1) is 0 Å². The van der Waals surface area contributed by atoms with Crippen molar-refractivity contribution < 1.29 is 0 Å². The van der Waals surface area contributed by atoms with E-state index < -0.39 is 0 Å². The number of nitrogens with two attached hydrogens (primary N) is 1. The molecular formula is C16H20N2O. The molecule has 2 atom stereocenters. The summed E-state index contributed by atoms with van der Waals surface area (Å²) in [5, 5.41) is 0. The Labute approximate surface area is 113 Å². The van der Waals surface area contributed by atoms with Crippen LogP contribution in [-0.2, 0) is 11.8 Å². The van der Waals surface area contributed by atoms with Gasteiger partial charge in [0, 0.05) is 29.6 Å². The topological polar surface area (TPSA) is 58.9 Å². The summed E-state index contributed by atoms with van der Waals surface area (Å²) in [6.45, 7) is 4.87. The van der Waals surface area contributed by atoms with Gasteiger partial charge in [0.1, 0.15) is 0 Å². The normalized spacial score (nSPS) is 31.0. The van der Waals surface area contributed by atoms with E-state index in [-0.39, 0.29) is 11.0 Å². The monoisotopic (exact) mass is 256 g/mol. The van der Waals surface area contributed by atoms with Crippen LogP contribution in [0.5, 0.6) is 0 Å². The smallest absolute Gasteiger partial charge is 0.248 e. The van der Waals surface area contributed by atoms with Gasteiger partial charge in [-0.05, 0) is 32.3 Å². The molecule has 1 aromatic rings. The first kappa shape index (κ1) is 12.4. The lowest BCUT2D eigenvalue weighted by Gasteiger charge is -2.47. The van der Waals surface area contributed by atoms with E-state index in [1.54, 1.807) is 6.07 Å². The molecule has 0 fully saturated rings. The van der Waals surface area contributed by atoms with Gasteiger partial charge in [0.2, 0.25) is 5.56 Å². The highest BCUT2D eigenvalue weighted by molar-refractivity contribution is 5.50. The van der Waals surface area contributed by atoms with E-state index >= 15 is 0 Å². The molecule has 1 aromatic heterocycles. The van der Waals surface area contributed by atoms with Crippen molar-refractivity contribution in [2.45, 2.75) is 32.1 Å². The van der Waals surface area contributed by atoms with Crippen LogP contribution < -0.4 is 11.3 Å². The minimum Gasteiger partial charge on any atom is -0.329 e. The number of hydrogen-bond donors (Lipinski definition) is 2. The average molecular weight is 256 g/mol. The summed E-state index contributed by atoms with van der Waals surface area (Å²) >= 11 is 0. The zero-order valence-corrected chi connectivity index (χ0v) is 11.5. The van der Waals surface area contributed by atoms with Gasteiger partial charge in [-0.3, -0.25) is 4.79 Å². The molecule has 2 aliphatic rings. The summed E-state index contributed by atoms with van der Waals surface area (Å²) in [7, 11) is 0. The van der Waals surface area contributed by atoms with Gasteiger partial charge in [0.05, 0.1) is 0 Å². The molecule has 0 radical (unpaired) electrons. The van der Waals surface area contributed by atoms with Crippen molar-refractivity contribution in [1.82, 2.24) is 4.98 Å². The SMILES string of the molecule is C/C=C1\[C@H]2C=C(C)C[C@]1(CN)c1ccc(=O)[nH]c1C2. The fourth-order valence-electron chi connectivity index (χ4n) is 3.98. The number of H-pyrrole nitrogens is 1. The third-order valence-corrected chi connectivity index (χ3v) is 4.62. The van der Waals surface area contributed by atoms with Crippen LogP contribution in [0.2, 0.25) is 0 Å². The molecule has 3 rings (SSSR count). The number of allylic oxidation sites excluding steroid dienone is 3. The summed E-state index contributed by atoms with van der Waals surface area (Å²) in [4.78, 5) is 14.6. The number of pyridine rings is 1. The van der Waals surface area contributed by atoms with E-state index in [1.165, 1.54) is 16.7 Å². The second kappa shape index (κ2) is 4.20. The number of hydrogen-bond acceptors (Lipinski definition) is 2. The molecule has 0 saturated carbocycles. The van der Waals surface area contributed by atoms with E-state index in [2.05, 4.69) is 31.0 Å². The van der Waals surface area contributed by atoms with E-state index in [0.717, 1.165) is 18.5 Å². The maximum atomic E-state index is 11.6. The van der Waals surface area contributed by atoms with Crippen LogP contribution >= 0.6 is 0 Å². The highest BCUT2D eigenvalue weighted by Crippen LogP contribution is 2.50. The lowest BCUT2D eigenvalue weighted by Crippen LogP contribution is -2.46. The molecule has 2 aliphatic carbocycles. The number of rotatable bonds is 1. The Balaban J connectivity index is 2.30. The van der Waals surface area contributed by atoms with E-state index in [4.69, 9.17) is 5.73 Å². The molecule has 0 amide bonds. The van der Waals surface area contributed by atoms with Gasteiger partial charge in [-0.2, -0.15) is 0 Å². The number of aromatic nitrogens is 1. The van der Waals surface area contributed by atoms with Crippen LogP contribution in [-0.4, -0.2) is 11.5 Å². The largest absolute Gasteiger partial charge is 0.329 e. The predicted octanol–water partition coefficient (Wildman–Crippen LogP) is 2.04. The van der Waals surface area contributed by atoms with Crippen LogP contribution in [0.15, 0.2) is 40.2 Å². The van der Waals surface area contributed by atoms with E-state index in [0.29, 0.717) is 12.5 Å². The summed E-state index contributed by atoms with van der Waals surface area (Å²) < 4.78 is 0. The van der Waals surface area contributed by atoms with Crippen molar-refractivity contribution in [2.24, 2.45) is 11.7 Å². The molecule has 3 N–H and O–H groups in total. The second-order valence-electron chi connectivity index (χ2n) is 5.75. The zero-order valence-electron chi connectivity index (χ0n) is 11.5. The minimum atomic E-state index is -0.115. The lowest BCUT2D eigenvalue weighted by atomic mass is 9.58. The molecule has 100 valence electrons. The van der Waals surface area contributed by atoms with Gasteiger partial charge in [0.15, 0.2) is 0 Å². The molecule has 1 heterocycles. The predicted molar refractivity (Wildman–Crippen MR) is 77.1 cm³/mol. The molecule has 3 nitrogen and oxygen atoms in total. The molecule has 0 saturated heterocycles. The fourth-order valence-corrected chi connectivity index (χ4v) is 3.98. The van der Waals surface area contributed by atoms with Crippen LogP contribution in [0.4, 0.5) is 0 Å². The Morgan fingerprint density at radius 1 is 1.53 bits per heavy atom. The highest BCUT2D eigenvalue weighted by Gasteiger charge is 2.45. The standard InChI is InChI=1S/C16H20N2O/c1-3-12-11-6-10(2)8-16(12,9-17)13-4-5-15(19)18-14(13)7-11/h3-6,11H,7-9,17H2,1-2H3,(H,18,19)/b12-3+/t11-,16+/m0/s1. The Kier molecular flexibility index (Phi) is 2.75. The molecular weight excluding hydrogens is 236 g/mol. The molecule has 0 aromatic carbocycles. The second-order valence-corrected chi connectivity index (χ2v) is 5.75. The Bertz CT molecular complexity index is 638. The first-order valence-electron chi connectivity index (χ1n) is 6.87. The third kappa shape index (κ3) is 1.65. The Hall–Kier alpha value is -1.61. The fraction of sp³-hybridized carbons (Fsp3) is 0.438. The molecule has 0 spiro atoms. The van der Waals surface area contributed by atoms with E-state index in [1.807, 2.05) is 6.07 Å². The van der Waals surface area contributed by atoms with E-state index in [9.17, 15) is 4.79 Å². The number of aromatic amines is 1. The van der Waals surface area contributed by atoms with Gasteiger partial charge in [-0.1, -0.05) is 29.4 Å². The van der Waals surface area contributed by atoms with Gasteiger partial charge in [-0.25, -0.2) is 0 Å². The van der Waals surface area contributed by atoms with Crippen molar-refractivity contribution in [3.63, 3.8) is 0 Å². The Morgan fingerprint density at radius 3 is 3.00 bits per heavy atom. The lowest BCUT2D eigenvalue weighted by molar-refractivity contribution is 0.405. The van der Waals surface area contributed by atoms with Crippen LogP contribution in [0.25, 0.3) is 0 Å². The maximum Gasteiger partial charge on any atom is 0.248 e. The minimum absolute atomic E-state index is 0.0198. The zero-order chi connectivity index (χ0) is 13.6. The molecule has 0 aliphatic heterocycles. The van der Waals surface area contributed by atoms with Crippen LogP contribution in [0.1, 0.15) is 31.5 Å². The van der Waals surface area contributed by atoms with Crippen molar-refractivity contribution >= 4 is 0 Å². The first-order valence-corrected chi connectivity index (χ1v) is 6.87. The van der Waals surface area contributed by atoms with Crippen molar-refractivity contribution in [2.75, 3.05) is 6.54 Å². The summed E-state index contributed by atoms with van der Waals surface area (Å²) in [6, 6.07) is 3.59. The summed E-state index contributed by atoms with van der Waals surface area (Å²) in [5.74, 6) is 0.382. The quantitative estimate of drug-likeness (QED) is 0.755. The van der Waals surface area contributed by atoms with Crippen molar-refractivity contribution in [1.29, 1.82) is 0 Å². The van der Waals surface area contributed by atoms with Crippen molar-refractivity contribution in [3.8, 4) is 0 Å². The average Bonchev–Trinajstić information content (AvgIpc) is 2.37. The highest BCUT2D eigenvalue weighted by atomic mass is 16.1. The number of nitrogens with one attached hydrogen (secondary N) is 1. The molecule has 2 bridgehead atoms. The summed E-state index contributed by atoms with van der Waals surface area (Å²) in [6.07, 6.45) is 6.38. The molecule has 19 heavy (non-hydrogen) atoms. The third-order valence-electron chi connectivity index (χ3n) is 4.62. The Morgan fingerprint density at radius 2 is 2.32 bits per heavy atom. The summed E-state index contributed by atoms with van der Waals surface area (Å²) in [5.41, 5.74) is 11.1. The van der Waals surface area contributed by atoms with Crippen molar-refractivity contribution in [3.05, 3.63) is 57.0 Å². The van der Waals surface area contributed by atoms with Crippen LogP contribution in [0.3, 0.4) is 0 Å².